The molecule has 0 aliphatic carbocycles. The Bertz CT molecular complexity index is 383. The number of likely N-dealkylation sites (tertiary alicyclic amines) is 1. The molecule has 0 bridgehead atoms. The van der Waals surface area contributed by atoms with Crippen molar-refractivity contribution in [3.63, 3.8) is 0 Å². The maximum absolute atomic E-state index is 5.93. The molecule has 1 saturated heterocycles. The van der Waals surface area contributed by atoms with E-state index in [1.165, 1.54) is 25.9 Å². The zero-order valence-electron chi connectivity index (χ0n) is 11.6. The van der Waals surface area contributed by atoms with Gasteiger partial charge in [0.15, 0.2) is 0 Å². The van der Waals surface area contributed by atoms with Gasteiger partial charge in [0.25, 0.3) is 0 Å². The first kappa shape index (κ1) is 13.3. The van der Waals surface area contributed by atoms with Crippen molar-refractivity contribution in [3.8, 4) is 0 Å². The van der Waals surface area contributed by atoms with E-state index in [1.54, 1.807) is 0 Å². The zero-order valence-corrected chi connectivity index (χ0v) is 11.6. The molecule has 0 spiro atoms. The molecule has 100 valence electrons. The fraction of sp³-hybridized carbons (Fsp3) is 0.643. The van der Waals surface area contributed by atoms with Gasteiger partial charge in [0, 0.05) is 25.3 Å². The molecule has 2 heterocycles. The Hall–Kier alpha value is -1.13. The normalized spacial score (nSPS) is 19.8. The number of hydrogen-bond acceptors (Lipinski definition) is 4. The third-order valence-electron chi connectivity index (χ3n) is 3.89. The molecule has 0 amide bonds. The maximum Gasteiger partial charge on any atom is 0.128 e. The molecule has 2 rings (SSSR count). The second-order valence-electron chi connectivity index (χ2n) is 5.38. The predicted molar refractivity (Wildman–Crippen MR) is 75.8 cm³/mol. The smallest absolute Gasteiger partial charge is 0.128 e. The van der Waals surface area contributed by atoms with Crippen LogP contribution in [0.4, 0.5) is 5.82 Å². The monoisotopic (exact) mass is 248 g/mol. The Morgan fingerprint density at radius 1 is 1.44 bits per heavy atom. The molecule has 0 radical (unpaired) electrons. The average Bonchev–Trinajstić information content (AvgIpc) is 2.39. The molecule has 1 aliphatic heterocycles. The van der Waals surface area contributed by atoms with Crippen LogP contribution in [0.5, 0.6) is 0 Å². The van der Waals surface area contributed by atoms with Crippen LogP contribution in [0.25, 0.3) is 0 Å². The van der Waals surface area contributed by atoms with Crippen molar-refractivity contribution in [2.24, 2.45) is 5.73 Å². The average molecular weight is 248 g/mol. The molecule has 4 heteroatoms. The summed E-state index contributed by atoms with van der Waals surface area (Å²) in [6.07, 6.45) is 4.27. The number of pyridine rings is 1. The summed E-state index contributed by atoms with van der Waals surface area (Å²) in [4.78, 5) is 9.16. The molecule has 0 aromatic carbocycles. The van der Waals surface area contributed by atoms with Crippen LogP contribution in [0.2, 0.25) is 0 Å². The summed E-state index contributed by atoms with van der Waals surface area (Å²) in [5.74, 6) is 1.04. The van der Waals surface area contributed by atoms with Crippen LogP contribution in [0.1, 0.15) is 31.4 Å². The van der Waals surface area contributed by atoms with Crippen LogP contribution >= 0.6 is 0 Å². The van der Waals surface area contributed by atoms with Gasteiger partial charge < -0.3 is 15.5 Å². The van der Waals surface area contributed by atoms with Gasteiger partial charge in [-0.1, -0.05) is 0 Å². The second-order valence-corrected chi connectivity index (χ2v) is 5.38. The van der Waals surface area contributed by atoms with E-state index in [4.69, 9.17) is 5.73 Å². The van der Waals surface area contributed by atoms with Crippen LogP contribution in [-0.4, -0.2) is 43.1 Å². The van der Waals surface area contributed by atoms with Crippen molar-refractivity contribution >= 4 is 5.82 Å². The lowest BCUT2D eigenvalue weighted by Crippen LogP contribution is -2.42. The number of anilines is 1. The Morgan fingerprint density at radius 3 is 2.72 bits per heavy atom. The van der Waals surface area contributed by atoms with E-state index in [9.17, 15) is 0 Å². The molecule has 0 unspecified atom stereocenters. The van der Waals surface area contributed by atoms with Gasteiger partial charge in [-0.2, -0.15) is 0 Å². The van der Waals surface area contributed by atoms with Crippen LogP contribution in [-0.2, 0) is 0 Å². The van der Waals surface area contributed by atoms with E-state index in [0.29, 0.717) is 6.04 Å². The Morgan fingerprint density at radius 2 is 2.11 bits per heavy atom. The SMILES string of the molecule is C[C@@H](N)c1ccnc(N(C)C2CCN(C)CC2)c1. The summed E-state index contributed by atoms with van der Waals surface area (Å²) in [7, 11) is 4.33. The van der Waals surface area contributed by atoms with E-state index < -0.39 is 0 Å². The fourth-order valence-electron chi connectivity index (χ4n) is 2.48. The highest BCUT2D eigenvalue weighted by molar-refractivity contribution is 5.42. The molecule has 4 nitrogen and oxygen atoms in total. The molecule has 1 aliphatic rings. The summed E-state index contributed by atoms with van der Waals surface area (Å²) in [5, 5.41) is 0. The Labute approximate surface area is 110 Å². The number of rotatable bonds is 3. The standard InChI is InChI=1S/C14H24N4/c1-11(15)12-4-7-16-14(10-12)18(3)13-5-8-17(2)9-6-13/h4,7,10-11,13H,5-6,8-9,15H2,1-3H3/t11-/m1/s1. The number of aromatic nitrogens is 1. The third kappa shape index (κ3) is 3.00. The number of piperidine rings is 1. The van der Waals surface area contributed by atoms with Gasteiger partial charge in [0.1, 0.15) is 5.82 Å². The highest BCUT2D eigenvalue weighted by atomic mass is 15.2. The third-order valence-corrected chi connectivity index (χ3v) is 3.89. The topological polar surface area (TPSA) is 45.4 Å². The minimum atomic E-state index is 0.0673. The molecule has 2 N–H and O–H groups in total. The first-order valence-electron chi connectivity index (χ1n) is 6.71. The lowest BCUT2D eigenvalue weighted by atomic mass is 10.0. The van der Waals surface area contributed by atoms with Crippen molar-refractivity contribution in [2.45, 2.75) is 31.8 Å². The van der Waals surface area contributed by atoms with E-state index >= 15 is 0 Å². The van der Waals surface area contributed by atoms with Crippen LogP contribution in [0, 0.1) is 0 Å². The van der Waals surface area contributed by atoms with Crippen molar-refractivity contribution < 1.29 is 0 Å². The Kier molecular flexibility index (Phi) is 4.19. The molecular formula is C14H24N4. The Balaban J connectivity index is 2.08. The van der Waals surface area contributed by atoms with E-state index in [-0.39, 0.29) is 6.04 Å². The van der Waals surface area contributed by atoms with E-state index in [1.807, 2.05) is 19.2 Å². The van der Waals surface area contributed by atoms with Gasteiger partial charge in [0.2, 0.25) is 0 Å². The molecule has 1 aromatic rings. The van der Waals surface area contributed by atoms with Gasteiger partial charge in [-0.25, -0.2) is 4.98 Å². The lowest BCUT2D eigenvalue weighted by molar-refractivity contribution is 0.252. The highest BCUT2D eigenvalue weighted by Crippen LogP contribution is 2.22. The summed E-state index contributed by atoms with van der Waals surface area (Å²) in [6.45, 7) is 4.35. The molecule has 1 atom stereocenters. The summed E-state index contributed by atoms with van der Waals surface area (Å²) >= 11 is 0. The van der Waals surface area contributed by atoms with E-state index in [2.05, 4.69) is 34.9 Å². The van der Waals surface area contributed by atoms with Gasteiger partial charge in [-0.05, 0) is 57.6 Å². The van der Waals surface area contributed by atoms with Crippen LogP contribution in [0.3, 0.4) is 0 Å². The predicted octanol–water partition coefficient (Wildman–Crippen LogP) is 1.63. The van der Waals surface area contributed by atoms with Crippen LogP contribution in [0.15, 0.2) is 18.3 Å². The van der Waals surface area contributed by atoms with Gasteiger partial charge >= 0.3 is 0 Å². The molecule has 18 heavy (non-hydrogen) atoms. The number of hydrogen-bond donors (Lipinski definition) is 1. The molecule has 1 aromatic heterocycles. The minimum absolute atomic E-state index is 0.0673. The zero-order chi connectivity index (χ0) is 13.1. The van der Waals surface area contributed by atoms with Crippen molar-refractivity contribution in [3.05, 3.63) is 23.9 Å². The van der Waals surface area contributed by atoms with Gasteiger partial charge in [-0.3, -0.25) is 0 Å². The molecule has 1 fully saturated rings. The van der Waals surface area contributed by atoms with Crippen molar-refractivity contribution in [1.29, 1.82) is 0 Å². The summed E-state index contributed by atoms with van der Waals surface area (Å²) in [6, 6.07) is 4.77. The minimum Gasteiger partial charge on any atom is -0.357 e. The highest BCUT2D eigenvalue weighted by Gasteiger charge is 2.21. The van der Waals surface area contributed by atoms with Crippen molar-refractivity contribution in [1.82, 2.24) is 9.88 Å². The maximum atomic E-state index is 5.93. The second kappa shape index (κ2) is 5.67. The van der Waals surface area contributed by atoms with Crippen molar-refractivity contribution in [2.75, 3.05) is 32.1 Å². The number of nitrogens with two attached hydrogens (primary N) is 1. The summed E-state index contributed by atoms with van der Waals surface area (Å²) in [5.41, 5.74) is 7.08. The number of nitrogens with zero attached hydrogens (tertiary/aromatic N) is 3. The van der Waals surface area contributed by atoms with Gasteiger partial charge in [-0.15, -0.1) is 0 Å². The van der Waals surface area contributed by atoms with E-state index in [0.717, 1.165) is 11.4 Å². The lowest BCUT2D eigenvalue weighted by Gasteiger charge is -2.35. The largest absolute Gasteiger partial charge is 0.357 e. The van der Waals surface area contributed by atoms with Crippen LogP contribution < -0.4 is 10.6 Å². The quantitative estimate of drug-likeness (QED) is 0.883. The van der Waals surface area contributed by atoms with Gasteiger partial charge in [0.05, 0.1) is 0 Å². The molecule has 0 saturated carbocycles. The fourth-order valence-corrected chi connectivity index (χ4v) is 2.48. The summed E-state index contributed by atoms with van der Waals surface area (Å²) < 4.78 is 0. The first-order valence-corrected chi connectivity index (χ1v) is 6.71. The first-order chi connectivity index (χ1) is 8.58. The molecular weight excluding hydrogens is 224 g/mol.